The summed E-state index contributed by atoms with van der Waals surface area (Å²) in [5, 5.41) is 0. The Morgan fingerprint density at radius 2 is 1.68 bits per heavy atom. The van der Waals surface area contributed by atoms with Crippen molar-refractivity contribution in [3.63, 3.8) is 0 Å². The van der Waals surface area contributed by atoms with Crippen LogP contribution in [0.3, 0.4) is 0 Å². The van der Waals surface area contributed by atoms with Crippen LogP contribution < -0.4 is 9.47 Å². The first-order valence-electron chi connectivity index (χ1n) is 9.30. The molecular formula is C24H23NO3. The third kappa shape index (κ3) is 5.30. The lowest BCUT2D eigenvalue weighted by molar-refractivity contribution is 0.0733. The molecule has 0 bridgehead atoms. The Kier molecular flexibility index (Phi) is 6.58. The number of hydrogen-bond donors (Lipinski definition) is 0. The Bertz CT molecular complexity index is 944. The van der Waals surface area contributed by atoms with Crippen LogP contribution in [0.4, 0.5) is 5.69 Å². The van der Waals surface area contributed by atoms with E-state index in [-0.39, 0.29) is 5.97 Å². The number of hydrogen-bond acceptors (Lipinski definition) is 4. The monoisotopic (exact) mass is 373 g/mol. The SMILES string of the molecule is CCCOc1ccc(C=Nc2ccc(C(=O)Oc3ccccc3C)cc2)cc1. The van der Waals surface area contributed by atoms with E-state index < -0.39 is 0 Å². The maximum absolute atomic E-state index is 12.3. The molecule has 0 aliphatic heterocycles. The molecule has 0 radical (unpaired) electrons. The van der Waals surface area contributed by atoms with Crippen molar-refractivity contribution in [2.75, 3.05) is 6.61 Å². The van der Waals surface area contributed by atoms with Crippen molar-refractivity contribution in [1.82, 2.24) is 0 Å². The summed E-state index contributed by atoms with van der Waals surface area (Å²) in [6, 6.07) is 22.2. The fourth-order valence-corrected chi connectivity index (χ4v) is 2.53. The highest BCUT2D eigenvalue weighted by molar-refractivity contribution is 5.91. The van der Waals surface area contributed by atoms with Gasteiger partial charge in [0, 0.05) is 6.21 Å². The Morgan fingerprint density at radius 1 is 0.964 bits per heavy atom. The zero-order valence-electron chi connectivity index (χ0n) is 16.1. The number of benzene rings is 3. The van der Waals surface area contributed by atoms with Gasteiger partial charge in [0.05, 0.1) is 17.9 Å². The highest BCUT2D eigenvalue weighted by Crippen LogP contribution is 2.19. The molecule has 0 spiro atoms. The number of nitrogens with zero attached hydrogens (tertiary/aromatic N) is 1. The summed E-state index contributed by atoms with van der Waals surface area (Å²) in [5.41, 5.74) is 3.15. The number of esters is 1. The van der Waals surface area contributed by atoms with Crippen LogP contribution in [0, 0.1) is 6.92 Å². The van der Waals surface area contributed by atoms with Crippen LogP contribution >= 0.6 is 0 Å². The average molecular weight is 373 g/mol. The van der Waals surface area contributed by atoms with Crippen LogP contribution in [0.2, 0.25) is 0 Å². The van der Waals surface area contributed by atoms with Crippen LogP contribution in [0.15, 0.2) is 77.8 Å². The highest BCUT2D eigenvalue weighted by Gasteiger charge is 2.09. The van der Waals surface area contributed by atoms with Crippen molar-refractivity contribution in [2.24, 2.45) is 4.99 Å². The molecule has 0 atom stereocenters. The van der Waals surface area contributed by atoms with Gasteiger partial charge in [-0.1, -0.05) is 25.1 Å². The fraction of sp³-hybridized carbons (Fsp3) is 0.167. The third-order valence-corrected chi connectivity index (χ3v) is 4.11. The van der Waals surface area contributed by atoms with Crippen molar-refractivity contribution < 1.29 is 14.3 Å². The van der Waals surface area contributed by atoms with Crippen LogP contribution in [0.25, 0.3) is 0 Å². The molecule has 0 fully saturated rings. The molecular weight excluding hydrogens is 350 g/mol. The van der Waals surface area contributed by atoms with Crippen molar-refractivity contribution in [3.8, 4) is 11.5 Å². The molecule has 0 unspecified atom stereocenters. The maximum atomic E-state index is 12.3. The fourth-order valence-electron chi connectivity index (χ4n) is 2.53. The predicted octanol–water partition coefficient (Wildman–Crippen LogP) is 5.75. The van der Waals surface area contributed by atoms with Gasteiger partial charge in [-0.05, 0) is 79.1 Å². The molecule has 0 aliphatic rings. The van der Waals surface area contributed by atoms with Gasteiger partial charge in [0.2, 0.25) is 0 Å². The zero-order chi connectivity index (χ0) is 19.8. The van der Waals surface area contributed by atoms with E-state index in [4.69, 9.17) is 9.47 Å². The summed E-state index contributed by atoms with van der Waals surface area (Å²) in [5.74, 6) is 1.05. The van der Waals surface area contributed by atoms with Gasteiger partial charge in [-0.2, -0.15) is 0 Å². The van der Waals surface area contributed by atoms with Crippen LogP contribution in [-0.2, 0) is 0 Å². The van der Waals surface area contributed by atoms with Gasteiger partial charge in [-0.3, -0.25) is 4.99 Å². The molecule has 0 amide bonds. The summed E-state index contributed by atoms with van der Waals surface area (Å²) in [4.78, 5) is 16.7. The number of aliphatic imine (C=N–C) groups is 1. The second kappa shape index (κ2) is 9.51. The van der Waals surface area contributed by atoms with Gasteiger partial charge in [0.15, 0.2) is 0 Å². The molecule has 3 rings (SSSR count). The summed E-state index contributed by atoms with van der Waals surface area (Å²) in [7, 11) is 0. The largest absolute Gasteiger partial charge is 0.494 e. The second-order valence-electron chi connectivity index (χ2n) is 6.38. The molecule has 0 saturated carbocycles. The third-order valence-electron chi connectivity index (χ3n) is 4.11. The summed E-state index contributed by atoms with van der Waals surface area (Å²) in [6.07, 6.45) is 2.77. The molecule has 0 aromatic heterocycles. The van der Waals surface area contributed by atoms with Crippen LogP contribution in [-0.4, -0.2) is 18.8 Å². The van der Waals surface area contributed by atoms with Gasteiger partial charge in [-0.15, -0.1) is 0 Å². The minimum atomic E-state index is -0.382. The van der Waals surface area contributed by atoms with E-state index in [9.17, 15) is 4.79 Å². The Labute approximate surface area is 165 Å². The summed E-state index contributed by atoms with van der Waals surface area (Å²) in [6.45, 7) is 4.70. The molecule has 0 aliphatic carbocycles. The number of ether oxygens (including phenoxy) is 2. The molecule has 0 saturated heterocycles. The van der Waals surface area contributed by atoms with E-state index in [1.807, 2.05) is 49.4 Å². The van der Waals surface area contributed by atoms with Gasteiger partial charge < -0.3 is 9.47 Å². The summed E-state index contributed by atoms with van der Waals surface area (Å²) >= 11 is 0. The molecule has 3 aromatic rings. The van der Waals surface area contributed by atoms with Crippen molar-refractivity contribution in [3.05, 3.63) is 89.5 Å². The van der Waals surface area contributed by atoms with Gasteiger partial charge >= 0.3 is 5.97 Å². The Balaban J connectivity index is 1.61. The number of carbonyl (C=O) groups is 1. The maximum Gasteiger partial charge on any atom is 0.343 e. The highest BCUT2D eigenvalue weighted by atomic mass is 16.5. The standard InChI is InChI=1S/C24H23NO3/c1-3-16-27-22-14-8-19(9-15-22)17-25-21-12-10-20(11-13-21)24(26)28-23-7-5-4-6-18(23)2/h4-15,17H,3,16H2,1-2H3. The molecule has 28 heavy (non-hydrogen) atoms. The summed E-state index contributed by atoms with van der Waals surface area (Å²) < 4.78 is 11.0. The second-order valence-corrected chi connectivity index (χ2v) is 6.38. The van der Waals surface area contributed by atoms with E-state index in [1.54, 1.807) is 36.5 Å². The van der Waals surface area contributed by atoms with Crippen molar-refractivity contribution in [1.29, 1.82) is 0 Å². The topological polar surface area (TPSA) is 47.9 Å². The number of rotatable bonds is 7. The zero-order valence-corrected chi connectivity index (χ0v) is 16.1. The Hall–Kier alpha value is -3.40. The first kappa shape index (κ1) is 19.4. The number of aryl methyl sites for hydroxylation is 1. The number of carbonyl (C=O) groups excluding carboxylic acids is 1. The lowest BCUT2D eigenvalue weighted by atomic mass is 10.2. The minimum Gasteiger partial charge on any atom is -0.494 e. The molecule has 4 heteroatoms. The molecule has 142 valence electrons. The first-order valence-corrected chi connectivity index (χ1v) is 9.30. The van der Waals surface area contributed by atoms with Crippen molar-refractivity contribution in [2.45, 2.75) is 20.3 Å². The van der Waals surface area contributed by atoms with E-state index >= 15 is 0 Å². The average Bonchev–Trinajstić information content (AvgIpc) is 2.73. The van der Waals surface area contributed by atoms with Crippen LogP contribution in [0.1, 0.15) is 34.8 Å². The lowest BCUT2D eigenvalue weighted by Crippen LogP contribution is -2.08. The molecule has 0 N–H and O–H groups in total. The van der Waals surface area contributed by atoms with Gasteiger partial charge in [0.1, 0.15) is 11.5 Å². The Morgan fingerprint density at radius 3 is 2.36 bits per heavy atom. The van der Waals surface area contributed by atoms with E-state index in [0.29, 0.717) is 17.9 Å². The van der Waals surface area contributed by atoms with Crippen LogP contribution in [0.5, 0.6) is 11.5 Å². The minimum absolute atomic E-state index is 0.382. The molecule has 4 nitrogen and oxygen atoms in total. The van der Waals surface area contributed by atoms with E-state index in [0.717, 1.165) is 29.0 Å². The molecule has 0 heterocycles. The van der Waals surface area contributed by atoms with E-state index in [1.165, 1.54) is 0 Å². The predicted molar refractivity (Wildman–Crippen MR) is 112 cm³/mol. The smallest absolute Gasteiger partial charge is 0.343 e. The van der Waals surface area contributed by atoms with E-state index in [2.05, 4.69) is 11.9 Å². The quantitative estimate of drug-likeness (QED) is 0.301. The molecule has 3 aromatic carbocycles. The van der Waals surface area contributed by atoms with Gasteiger partial charge in [-0.25, -0.2) is 4.79 Å². The number of para-hydroxylation sites is 1. The normalized spacial score (nSPS) is 10.8. The first-order chi connectivity index (χ1) is 13.7. The lowest BCUT2D eigenvalue weighted by Gasteiger charge is -2.07. The van der Waals surface area contributed by atoms with Gasteiger partial charge in [0.25, 0.3) is 0 Å². The van der Waals surface area contributed by atoms with Crippen molar-refractivity contribution >= 4 is 17.9 Å².